The fourth-order valence-electron chi connectivity index (χ4n) is 2.84. The first-order chi connectivity index (χ1) is 13.4. The molecule has 0 aromatic heterocycles. The molecule has 158 valence electrons. The maximum atomic E-state index is 12.9. The Hall–Kier alpha value is -2.61. The van der Waals surface area contributed by atoms with Crippen LogP contribution in [0.15, 0.2) is 47.4 Å². The van der Waals surface area contributed by atoms with Crippen LogP contribution >= 0.6 is 0 Å². The van der Waals surface area contributed by atoms with Gasteiger partial charge in [-0.1, -0.05) is 50.2 Å². The number of hydrogen-bond donors (Lipinski definition) is 2. The number of amides is 2. The molecule has 7 nitrogen and oxygen atoms in total. The van der Waals surface area contributed by atoms with Crippen molar-refractivity contribution in [3.05, 3.63) is 42.5 Å². The van der Waals surface area contributed by atoms with E-state index in [9.17, 15) is 18.0 Å². The van der Waals surface area contributed by atoms with Crippen LogP contribution in [-0.4, -0.2) is 32.1 Å². The zero-order valence-electron chi connectivity index (χ0n) is 17.4. The molecule has 0 saturated heterocycles. The van der Waals surface area contributed by atoms with E-state index in [1.54, 1.807) is 57.2 Å². The summed E-state index contributed by atoms with van der Waals surface area (Å²) >= 11 is 0. The summed E-state index contributed by atoms with van der Waals surface area (Å²) in [6.07, 6.45) is -0.517. The molecule has 0 bridgehead atoms. The molecule has 1 atom stereocenters. The molecule has 0 unspecified atom stereocenters. The van der Waals surface area contributed by atoms with Crippen molar-refractivity contribution in [2.45, 2.75) is 57.6 Å². The van der Waals surface area contributed by atoms with Crippen LogP contribution in [0.25, 0.3) is 10.8 Å². The van der Waals surface area contributed by atoms with Gasteiger partial charge in [-0.05, 0) is 44.6 Å². The number of sulfonamides is 1. The van der Waals surface area contributed by atoms with Gasteiger partial charge in [-0.3, -0.25) is 4.79 Å². The number of hydrogen-bond acceptors (Lipinski definition) is 5. The Morgan fingerprint density at radius 3 is 2.28 bits per heavy atom. The molecule has 29 heavy (non-hydrogen) atoms. The summed E-state index contributed by atoms with van der Waals surface area (Å²) in [6.45, 7) is 8.85. The second-order valence-electron chi connectivity index (χ2n) is 8.28. The van der Waals surface area contributed by atoms with Crippen LogP contribution in [0.1, 0.15) is 41.0 Å². The zero-order chi connectivity index (χ0) is 21.8. The van der Waals surface area contributed by atoms with Crippen LogP contribution in [0.4, 0.5) is 4.79 Å². The van der Waals surface area contributed by atoms with Crippen molar-refractivity contribution < 1.29 is 22.7 Å². The Kier molecular flexibility index (Phi) is 6.89. The molecule has 2 rings (SSSR count). The van der Waals surface area contributed by atoms with Crippen LogP contribution in [-0.2, 0) is 19.6 Å². The summed E-state index contributed by atoms with van der Waals surface area (Å²) in [5.41, 5.74) is -0.738. The molecule has 0 heterocycles. The van der Waals surface area contributed by atoms with Gasteiger partial charge in [0.1, 0.15) is 11.6 Å². The van der Waals surface area contributed by atoms with Crippen LogP contribution in [0.5, 0.6) is 0 Å². The summed E-state index contributed by atoms with van der Waals surface area (Å²) in [7, 11) is -4.13. The first kappa shape index (κ1) is 22.7. The Balaban J connectivity index is 2.26. The van der Waals surface area contributed by atoms with Crippen molar-refractivity contribution in [1.82, 2.24) is 10.0 Å². The van der Waals surface area contributed by atoms with Gasteiger partial charge < -0.3 is 10.1 Å². The minimum atomic E-state index is -4.13. The number of carbonyl (C=O) groups excluding carboxylic acids is 2. The highest BCUT2D eigenvalue weighted by atomic mass is 32.2. The van der Waals surface area contributed by atoms with Gasteiger partial charge in [0.25, 0.3) is 15.9 Å². The lowest BCUT2D eigenvalue weighted by Gasteiger charge is -2.24. The molecule has 2 amide bonds. The van der Waals surface area contributed by atoms with E-state index in [1.165, 1.54) is 6.07 Å². The lowest BCUT2D eigenvalue weighted by molar-refractivity contribution is -0.121. The molecule has 0 fully saturated rings. The van der Waals surface area contributed by atoms with Gasteiger partial charge >= 0.3 is 6.09 Å². The first-order valence-electron chi connectivity index (χ1n) is 9.43. The maximum Gasteiger partial charge on any atom is 0.408 e. The maximum absolute atomic E-state index is 12.9. The molecule has 8 heteroatoms. The third-order valence-electron chi connectivity index (χ3n) is 3.99. The molecule has 0 aliphatic carbocycles. The standard InChI is InChI=1S/C21H28N2O5S/c1-14(2)13-17(22-20(25)28-21(3,4)5)19(24)23-29(26,27)18-12-8-10-15-9-6-7-11-16(15)18/h6-12,14,17H,13H2,1-5H3,(H,22,25)(H,23,24)/t17-/m0/s1. The van der Waals surface area contributed by atoms with Crippen molar-refractivity contribution in [3.8, 4) is 0 Å². The van der Waals surface area contributed by atoms with Gasteiger partial charge in [0.05, 0.1) is 4.90 Å². The van der Waals surface area contributed by atoms with Gasteiger partial charge in [-0.25, -0.2) is 17.9 Å². The van der Waals surface area contributed by atoms with Crippen molar-refractivity contribution in [1.29, 1.82) is 0 Å². The highest BCUT2D eigenvalue weighted by molar-refractivity contribution is 7.90. The smallest absolute Gasteiger partial charge is 0.408 e. The molecule has 0 radical (unpaired) electrons. The highest BCUT2D eigenvalue weighted by Gasteiger charge is 2.29. The van der Waals surface area contributed by atoms with E-state index in [0.29, 0.717) is 5.39 Å². The molecule has 2 aromatic carbocycles. The number of carbonyl (C=O) groups is 2. The van der Waals surface area contributed by atoms with Crippen molar-refractivity contribution in [3.63, 3.8) is 0 Å². The average molecular weight is 421 g/mol. The lowest BCUT2D eigenvalue weighted by atomic mass is 10.0. The van der Waals surface area contributed by atoms with E-state index in [1.807, 2.05) is 13.8 Å². The van der Waals surface area contributed by atoms with E-state index in [-0.39, 0.29) is 17.2 Å². The molecule has 0 spiro atoms. The van der Waals surface area contributed by atoms with Gasteiger partial charge in [0, 0.05) is 5.39 Å². The normalized spacial score (nSPS) is 13.2. The molecule has 0 saturated carbocycles. The van der Waals surface area contributed by atoms with Gasteiger partial charge in [0.15, 0.2) is 0 Å². The second kappa shape index (κ2) is 8.82. The van der Waals surface area contributed by atoms with E-state index >= 15 is 0 Å². The van der Waals surface area contributed by atoms with Crippen molar-refractivity contribution in [2.75, 3.05) is 0 Å². The largest absolute Gasteiger partial charge is 0.444 e. The molecule has 2 aromatic rings. The summed E-state index contributed by atoms with van der Waals surface area (Å²) in [4.78, 5) is 24.9. The zero-order valence-corrected chi connectivity index (χ0v) is 18.2. The van der Waals surface area contributed by atoms with Gasteiger partial charge in [0.2, 0.25) is 0 Å². The second-order valence-corrected chi connectivity index (χ2v) is 9.93. The minimum Gasteiger partial charge on any atom is -0.444 e. The predicted molar refractivity (Wildman–Crippen MR) is 112 cm³/mol. The van der Waals surface area contributed by atoms with E-state index in [0.717, 1.165) is 5.39 Å². The number of benzene rings is 2. The van der Waals surface area contributed by atoms with Crippen LogP contribution < -0.4 is 10.0 Å². The topological polar surface area (TPSA) is 102 Å². The quantitative estimate of drug-likeness (QED) is 0.744. The fraction of sp³-hybridized carbons (Fsp3) is 0.429. The SMILES string of the molecule is CC(C)C[C@H](NC(=O)OC(C)(C)C)C(=O)NS(=O)(=O)c1cccc2ccccc12. The summed E-state index contributed by atoms with van der Waals surface area (Å²) in [6, 6.07) is 10.8. The monoisotopic (exact) mass is 420 g/mol. The van der Waals surface area contributed by atoms with Crippen LogP contribution in [0.2, 0.25) is 0 Å². The van der Waals surface area contributed by atoms with Gasteiger partial charge in [-0.15, -0.1) is 0 Å². The Labute approximate surface area is 171 Å². The van der Waals surface area contributed by atoms with E-state index < -0.39 is 33.7 Å². The fourth-order valence-corrected chi connectivity index (χ4v) is 4.09. The molecular formula is C21H28N2O5S. The first-order valence-corrected chi connectivity index (χ1v) is 10.9. The summed E-state index contributed by atoms with van der Waals surface area (Å²) in [5.74, 6) is -0.765. The van der Waals surface area contributed by atoms with E-state index in [2.05, 4.69) is 10.0 Å². The van der Waals surface area contributed by atoms with Crippen molar-refractivity contribution in [2.24, 2.45) is 5.92 Å². The Morgan fingerprint density at radius 1 is 1.03 bits per heavy atom. The van der Waals surface area contributed by atoms with Crippen LogP contribution in [0, 0.1) is 5.92 Å². The van der Waals surface area contributed by atoms with E-state index in [4.69, 9.17) is 4.74 Å². The van der Waals surface area contributed by atoms with Gasteiger partial charge in [-0.2, -0.15) is 0 Å². The van der Waals surface area contributed by atoms with Crippen molar-refractivity contribution >= 4 is 32.8 Å². The Bertz CT molecular complexity index is 988. The number of rotatable bonds is 6. The molecule has 0 aliphatic heterocycles. The number of alkyl carbamates (subject to hydrolysis) is 1. The number of nitrogens with one attached hydrogen (secondary N) is 2. The summed E-state index contributed by atoms with van der Waals surface area (Å²) in [5, 5.41) is 3.73. The molecule has 2 N–H and O–H groups in total. The summed E-state index contributed by atoms with van der Waals surface area (Å²) < 4.78 is 33.1. The average Bonchev–Trinajstić information content (AvgIpc) is 2.58. The predicted octanol–water partition coefficient (Wildman–Crippen LogP) is 3.58. The van der Waals surface area contributed by atoms with Crippen LogP contribution in [0.3, 0.4) is 0 Å². The molecular weight excluding hydrogens is 392 g/mol. The lowest BCUT2D eigenvalue weighted by Crippen LogP contribution is -2.50. The minimum absolute atomic E-state index is 0.00418. The highest BCUT2D eigenvalue weighted by Crippen LogP contribution is 2.22. The number of ether oxygens (including phenoxy) is 1. The third-order valence-corrected chi connectivity index (χ3v) is 5.39. The Morgan fingerprint density at radius 2 is 1.66 bits per heavy atom. The number of fused-ring (bicyclic) bond motifs is 1. The third kappa shape index (κ3) is 6.45. The molecule has 0 aliphatic rings.